The first-order chi connectivity index (χ1) is 10.9. The minimum absolute atomic E-state index is 0.0798. The molecule has 130 valence electrons. The van der Waals surface area contributed by atoms with Crippen molar-refractivity contribution in [1.29, 1.82) is 0 Å². The second-order valence-electron chi connectivity index (χ2n) is 5.81. The molecule has 1 heterocycles. The van der Waals surface area contributed by atoms with Crippen molar-refractivity contribution in [2.45, 2.75) is 51.5 Å². The van der Waals surface area contributed by atoms with Gasteiger partial charge in [0.1, 0.15) is 6.23 Å². The van der Waals surface area contributed by atoms with Gasteiger partial charge in [0, 0.05) is 12.3 Å². The van der Waals surface area contributed by atoms with Gasteiger partial charge in [0.25, 0.3) is 5.91 Å². The third-order valence-corrected chi connectivity index (χ3v) is 3.46. The summed E-state index contributed by atoms with van der Waals surface area (Å²) < 4.78 is 15.8. The number of rotatable bonds is 8. The second kappa shape index (κ2) is 9.42. The first-order valence-electron chi connectivity index (χ1n) is 7.67. The van der Waals surface area contributed by atoms with Crippen LogP contribution in [-0.2, 0) is 28.6 Å². The van der Waals surface area contributed by atoms with Crippen LogP contribution in [0.3, 0.4) is 0 Å². The molecular weight excluding hydrogens is 302 g/mol. The van der Waals surface area contributed by atoms with Crippen LogP contribution in [0.25, 0.3) is 0 Å². The standard InChI is InChI=1S/C16H25NO6/c1-16(2)22-11-12(15(23-16)17-13(19)10-18)8-6-4-5-7-9-14(20)21-3/h4,6,10,12,15H,5,7-9,11H2,1-3H3,(H,17,19)/t12-,15+/m0/s1. The zero-order valence-electron chi connectivity index (χ0n) is 13.9. The topological polar surface area (TPSA) is 90.9 Å². The molecule has 1 saturated heterocycles. The Morgan fingerprint density at radius 3 is 2.74 bits per heavy atom. The average molecular weight is 327 g/mol. The van der Waals surface area contributed by atoms with Crippen LogP contribution in [0.1, 0.15) is 39.5 Å². The van der Waals surface area contributed by atoms with Crippen LogP contribution in [0, 0.1) is 5.92 Å². The summed E-state index contributed by atoms with van der Waals surface area (Å²) in [5.74, 6) is -1.81. The van der Waals surface area contributed by atoms with Crippen LogP contribution in [0.15, 0.2) is 12.2 Å². The van der Waals surface area contributed by atoms with E-state index in [1.807, 2.05) is 12.2 Å². The highest BCUT2D eigenvalue weighted by atomic mass is 16.7. The number of hydrogen-bond donors (Lipinski definition) is 1. The van der Waals surface area contributed by atoms with Gasteiger partial charge in [-0.15, -0.1) is 0 Å². The van der Waals surface area contributed by atoms with E-state index in [-0.39, 0.29) is 18.2 Å². The number of amides is 1. The third-order valence-electron chi connectivity index (χ3n) is 3.46. The summed E-state index contributed by atoms with van der Waals surface area (Å²) in [5, 5.41) is 2.54. The number of allylic oxidation sites excluding steroid dienone is 2. The minimum atomic E-state index is -0.804. The summed E-state index contributed by atoms with van der Waals surface area (Å²) >= 11 is 0. The van der Waals surface area contributed by atoms with Crippen molar-refractivity contribution in [3.8, 4) is 0 Å². The minimum Gasteiger partial charge on any atom is -0.469 e. The summed E-state index contributed by atoms with van der Waals surface area (Å²) in [6.45, 7) is 3.93. The normalized spacial score (nSPS) is 23.4. The highest BCUT2D eigenvalue weighted by Gasteiger charge is 2.36. The average Bonchev–Trinajstić information content (AvgIpc) is 2.51. The van der Waals surface area contributed by atoms with E-state index in [1.165, 1.54) is 7.11 Å². The number of aldehydes is 1. The molecule has 7 heteroatoms. The fourth-order valence-electron chi connectivity index (χ4n) is 2.20. The summed E-state index contributed by atoms with van der Waals surface area (Å²) in [6, 6.07) is 0. The van der Waals surface area contributed by atoms with E-state index in [0.717, 1.165) is 12.8 Å². The van der Waals surface area contributed by atoms with Crippen LogP contribution in [0.2, 0.25) is 0 Å². The lowest BCUT2D eigenvalue weighted by atomic mass is 10.0. The number of methoxy groups -OCH3 is 1. The molecule has 0 spiro atoms. The second-order valence-corrected chi connectivity index (χ2v) is 5.81. The SMILES string of the molecule is COC(=O)CCCC=CC[C@H]1COC(C)(C)O[C@H]1NC(=O)C=O. The highest BCUT2D eigenvalue weighted by Crippen LogP contribution is 2.27. The van der Waals surface area contributed by atoms with Gasteiger partial charge in [-0.2, -0.15) is 0 Å². The van der Waals surface area contributed by atoms with Crippen LogP contribution < -0.4 is 5.32 Å². The van der Waals surface area contributed by atoms with E-state index in [0.29, 0.717) is 19.4 Å². The number of carbonyl (C=O) groups excluding carboxylic acids is 3. The third kappa shape index (κ3) is 7.38. The predicted molar refractivity (Wildman–Crippen MR) is 82.2 cm³/mol. The van der Waals surface area contributed by atoms with E-state index >= 15 is 0 Å². The van der Waals surface area contributed by atoms with E-state index in [9.17, 15) is 14.4 Å². The number of ether oxygens (including phenoxy) is 3. The van der Waals surface area contributed by atoms with Crippen molar-refractivity contribution in [2.24, 2.45) is 5.92 Å². The molecule has 1 N–H and O–H groups in total. The van der Waals surface area contributed by atoms with E-state index < -0.39 is 17.9 Å². The van der Waals surface area contributed by atoms with Crippen molar-refractivity contribution >= 4 is 18.2 Å². The number of unbranched alkanes of at least 4 members (excludes halogenated alkanes) is 1. The van der Waals surface area contributed by atoms with Gasteiger partial charge in [-0.05, 0) is 33.1 Å². The summed E-state index contributed by atoms with van der Waals surface area (Å²) in [7, 11) is 1.37. The zero-order chi connectivity index (χ0) is 17.3. The largest absolute Gasteiger partial charge is 0.469 e. The van der Waals surface area contributed by atoms with Gasteiger partial charge in [-0.25, -0.2) is 0 Å². The molecule has 0 unspecified atom stereocenters. The molecule has 1 amide bonds. The van der Waals surface area contributed by atoms with Gasteiger partial charge in [0.15, 0.2) is 5.79 Å². The van der Waals surface area contributed by atoms with Gasteiger partial charge < -0.3 is 19.5 Å². The Kier molecular flexibility index (Phi) is 7.91. The van der Waals surface area contributed by atoms with Gasteiger partial charge in [-0.1, -0.05) is 12.2 Å². The van der Waals surface area contributed by atoms with Crippen LogP contribution in [-0.4, -0.2) is 43.9 Å². The Balaban J connectivity index is 2.43. The molecule has 1 aliphatic heterocycles. The molecule has 0 aromatic heterocycles. The maximum absolute atomic E-state index is 11.3. The van der Waals surface area contributed by atoms with Crippen LogP contribution in [0.5, 0.6) is 0 Å². The van der Waals surface area contributed by atoms with Gasteiger partial charge >= 0.3 is 5.97 Å². The van der Waals surface area contributed by atoms with Crippen LogP contribution in [0.4, 0.5) is 0 Å². The molecule has 23 heavy (non-hydrogen) atoms. The lowest BCUT2D eigenvalue weighted by Crippen LogP contribution is -2.53. The Hall–Kier alpha value is -1.73. The molecule has 1 rings (SSSR count). The molecule has 1 aliphatic rings. The van der Waals surface area contributed by atoms with Gasteiger partial charge in [0.2, 0.25) is 6.29 Å². The maximum atomic E-state index is 11.3. The molecule has 0 aliphatic carbocycles. The van der Waals surface area contributed by atoms with Crippen molar-refractivity contribution < 1.29 is 28.6 Å². The summed E-state index contributed by atoms with van der Waals surface area (Å²) in [6.07, 6.45) is 6.11. The quantitative estimate of drug-likeness (QED) is 0.238. The number of hydrogen-bond acceptors (Lipinski definition) is 6. The lowest BCUT2D eigenvalue weighted by Gasteiger charge is -2.40. The van der Waals surface area contributed by atoms with Crippen molar-refractivity contribution in [3.05, 3.63) is 12.2 Å². The molecule has 0 radical (unpaired) electrons. The molecule has 0 saturated carbocycles. The smallest absolute Gasteiger partial charge is 0.305 e. The molecule has 0 aromatic carbocycles. The molecule has 7 nitrogen and oxygen atoms in total. The number of esters is 1. The molecule has 1 fully saturated rings. The lowest BCUT2D eigenvalue weighted by molar-refractivity contribution is -0.297. The Bertz CT molecular complexity index is 446. The first-order valence-corrected chi connectivity index (χ1v) is 7.67. The zero-order valence-corrected chi connectivity index (χ0v) is 13.9. The monoisotopic (exact) mass is 327 g/mol. The predicted octanol–water partition coefficient (Wildman–Crippen LogP) is 1.32. The fourth-order valence-corrected chi connectivity index (χ4v) is 2.20. The summed E-state index contributed by atoms with van der Waals surface area (Å²) in [4.78, 5) is 32.8. The summed E-state index contributed by atoms with van der Waals surface area (Å²) in [5.41, 5.74) is 0. The van der Waals surface area contributed by atoms with Crippen LogP contribution >= 0.6 is 0 Å². The molecule has 0 bridgehead atoms. The maximum Gasteiger partial charge on any atom is 0.305 e. The number of carbonyl (C=O) groups is 3. The Morgan fingerprint density at radius 1 is 1.35 bits per heavy atom. The van der Waals surface area contributed by atoms with E-state index in [2.05, 4.69) is 10.1 Å². The number of nitrogens with one attached hydrogen (secondary N) is 1. The first kappa shape index (κ1) is 19.3. The van der Waals surface area contributed by atoms with E-state index in [1.54, 1.807) is 13.8 Å². The Labute approximate surface area is 136 Å². The molecular formula is C16H25NO6. The van der Waals surface area contributed by atoms with Gasteiger partial charge in [-0.3, -0.25) is 14.4 Å². The fraction of sp³-hybridized carbons (Fsp3) is 0.688. The van der Waals surface area contributed by atoms with Crippen molar-refractivity contribution in [1.82, 2.24) is 5.32 Å². The Morgan fingerprint density at radius 2 is 2.09 bits per heavy atom. The van der Waals surface area contributed by atoms with Crippen molar-refractivity contribution in [3.63, 3.8) is 0 Å². The molecule has 2 atom stereocenters. The highest BCUT2D eigenvalue weighted by molar-refractivity contribution is 6.23. The molecule has 0 aromatic rings. The van der Waals surface area contributed by atoms with E-state index in [4.69, 9.17) is 9.47 Å². The van der Waals surface area contributed by atoms with Gasteiger partial charge in [0.05, 0.1) is 13.7 Å². The van der Waals surface area contributed by atoms with Crippen molar-refractivity contribution in [2.75, 3.05) is 13.7 Å².